The molecule has 0 radical (unpaired) electrons. The lowest BCUT2D eigenvalue weighted by molar-refractivity contribution is -0.115. The standard InChI is InChI=1S/C17H16N4O2/c22-16-15(20-17(21-16)19-13-5-7-23-10-13)9-11-3-4-14-12(8-11)2-1-6-18-14/h1-4,6,8-9,13H,5,7,10H2,(H2,19,20,21,22)/b15-9-/t13-/m1/s1. The van der Waals surface area contributed by atoms with Gasteiger partial charge in [0.05, 0.1) is 18.2 Å². The topological polar surface area (TPSA) is 75.6 Å². The summed E-state index contributed by atoms with van der Waals surface area (Å²) in [6.07, 6.45) is 4.47. The van der Waals surface area contributed by atoms with Crippen molar-refractivity contribution in [3.63, 3.8) is 0 Å². The summed E-state index contributed by atoms with van der Waals surface area (Å²) in [6.45, 7) is 1.39. The minimum Gasteiger partial charge on any atom is -0.379 e. The molecular formula is C17H16N4O2. The Bertz CT molecular complexity index is 822. The molecule has 2 aliphatic heterocycles. The van der Waals surface area contributed by atoms with Gasteiger partial charge in [-0.05, 0) is 36.3 Å². The number of ether oxygens (including phenoxy) is 1. The third kappa shape index (κ3) is 2.93. The number of guanidine groups is 1. The lowest BCUT2D eigenvalue weighted by Crippen LogP contribution is -2.42. The highest BCUT2D eigenvalue weighted by atomic mass is 16.5. The molecule has 2 aromatic rings. The highest BCUT2D eigenvalue weighted by Gasteiger charge is 2.23. The summed E-state index contributed by atoms with van der Waals surface area (Å²) in [5.41, 5.74) is 2.25. The molecule has 1 fully saturated rings. The highest BCUT2D eigenvalue weighted by molar-refractivity contribution is 6.13. The van der Waals surface area contributed by atoms with Crippen molar-refractivity contribution < 1.29 is 9.53 Å². The van der Waals surface area contributed by atoms with Crippen molar-refractivity contribution in [1.29, 1.82) is 0 Å². The van der Waals surface area contributed by atoms with Crippen LogP contribution in [0, 0.1) is 0 Å². The van der Waals surface area contributed by atoms with Crippen molar-refractivity contribution in [2.45, 2.75) is 12.5 Å². The Morgan fingerprint density at radius 1 is 1.35 bits per heavy atom. The fraction of sp³-hybridized carbons (Fsp3) is 0.235. The van der Waals surface area contributed by atoms with E-state index in [1.54, 1.807) is 12.3 Å². The van der Waals surface area contributed by atoms with Crippen LogP contribution >= 0.6 is 0 Å². The molecule has 0 bridgehead atoms. The second-order valence-electron chi connectivity index (χ2n) is 5.60. The summed E-state index contributed by atoms with van der Waals surface area (Å²) < 4.78 is 5.31. The molecule has 1 atom stereocenters. The minimum atomic E-state index is -0.197. The second kappa shape index (κ2) is 5.81. The molecule has 0 unspecified atom stereocenters. The molecule has 3 heterocycles. The molecule has 0 saturated carbocycles. The van der Waals surface area contributed by atoms with E-state index in [1.165, 1.54) is 0 Å². The smallest absolute Gasteiger partial charge is 0.276 e. The van der Waals surface area contributed by atoms with Gasteiger partial charge in [-0.15, -0.1) is 0 Å². The minimum absolute atomic E-state index is 0.197. The van der Waals surface area contributed by atoms with E-state index < -0.39 is 0 Å². The molecule has 6 nitrogen and oxygen atoms in total. The van der Waals surface area contributed by atoms with Crippen molar-refractivity contribution in [3.05, 3.63) is 47.8 Å². The van der Waals surface area contributed by atoms with E-state index in [-0.39, 0.29) is 11.9 Å². The van der Waals surface area contributed by atoms with E-state index in [0.29, 0.717) is 18.3 Å². The lowest BCUT2D eigenvalue weighted by Gasteiger charge is -2.10. The number of carbonyl (C=O) groups excluding carboxylic acids is 1. The quantitative estimate of drug-likeness (QED) is 0.823. The average Bonchev–Trinajstić information content (AvgIpc) is 3.18. The summed E-state index contributed by atoms with van der Waals surface area (Å²) in [6, 6.07) is 9.96. The third-order valence-electron chi connectivity index (χ3n) is 3.90. The van der Waals surface area contributed by atoms with Crippen molar-refractivity contribution in [3.8, 4) is 0 Å². The van der Waals surface area contributed by atoms with Crippen LogP contribution in [0.2, 0.25) is 0 Å². The maximum atomic E-state index is 12.0. The van der Waals surface area contributed by atoms with E-state index >= 15 is 0 Å². The van der Waals surface area contributed by atoms with Gasteiger partial charge in [-0.25, -0.2) is 4.99 Å². The van der Waals surface area contributed by atoms with Crippen molar-refractivity contribution >= 4 is 28.8 Å². The Morgan fingerprint density at radius 2 is 2.30 bits per heavy atom. The van der Waals surface area contributed by atoms with Crippen molar-refractivity contribution in [1.82, 2.24) is 15.6 Å². The molecule has 0 aliphatic carbocycles. The van der Waals surface area contributed by atoms with Gasteiger partial charge in [-0.1, -0.05) is 12.1 Å². The van der Waals surface area contributed by atoms with E-state index in [4.69, 9.17) is 4.74 Å². The fourth-order valence-electron chi connectivity index (χ4n) is 2.72. The van der Waals surface area contributed by atoms with E-state index in [1.807, 2.05) is 30.3 Å². The van der Waals surface area contributed by atoms with Gasteiger partial charge in [0.15, 0.2) is 0 Å². The van der Waals surface area contributed by atoms with Crippen LogP contribution in [0.1, 0.15) is 12.0 Å². The Morgan fingerprint density at radius 3 is 3.17 bits per heavy atom. The zero-order chi connectivity index (χ0) is 15.6. The van der Waals surface area contributed by atoms with Crippen LogP contribution in [0.25, 0.3) is 17.0 Å². The molecule has 116 valence electrons. The molecular weight excluding hydrogens is 292 g/mol. The summed E-state index contributed by atoms with van der Waals surface area (Å²) in [5.74, 6) is 0.303. The largest absolute Gasteiger partial charge is 0.379 e. The lowest BCUT2D eigenvalue weighted by atomic mass is 10.1. The SMILES string of the molecule is O=C1NC(N[C@@H]2CCOC2)=N/C1=C\c1ccc2ncccc2c1. The van der Waals surface area contributed by atoms with Gasteiger partial charge in [0.2, 0.25) is 5.96 Å². The van der Waals surface area contributed by atoms with Crippen LogP contribution in [0.5, 0.6) is 0 Å². The second-order valence-corrected chi connectivity index (χ2v) is 5.60. The molecule has 1 aromatic carbocycles. The van der Waals surface area contributed by atoms with Crippen molar-refractivity contribution in [2.24, 2.45) is 4.99 Å². The molecule has 1 saturated heterocycles. The van der Waals surface area contributed by atoms with Gasteiger partial charge in [0, 0.05) is 18.2 Å². The molecule has 1 amide bonds. The normalized spacial score (nSPS) is 22.4. The first kappa shape index (κ1) is 13.9. The number of aliphatic imine (C=N–C) groups is 1. The van der Waals surface area contributed by atoms with E-state index in [0.717, 1.165) is 29.5 Å². The first-order chi connectivity index (χ1) is 11.3. The van der Waals surface area contributed by atoms with E-state index in [9.17, 15) is 4.79 Å². The zero-order valence-corrected chi connectivity index (χ0v) is 12.5. The average molecular weight is 308 g/mol. The molecule has 0 spiro atoms. The number of nitrogens with zero attached hydrogens (tertiary/aromatic N) is 2. The van der Waals surface area contributed by atoms with Crippen LogP contribution in [0.15, 0.2) is 47.2 Å². The number of fused-ring (bicyclic) bond motifs is 1. The van der Waals surface area contributed by atoms with Crippen LogP contribution in [-0.2, 0) is 9.53 Å². The van der Waals surface area contributed by atoms with Crippen LogP contribution < -0.4 is 10.6 Å². The summed E-state index contributed by atoms with van der Waals surface area (Å²) in [5, 5.41) is 6.98. The predicted octanol–water partition coefficient (Wildman–Crippen LogP) is 1.44. The number of pyridine rings is 1. The number of rotatable bonds is 2. The maximum absolute atomic E-state index is 12.0. The molecule has 23 heavy (non-hydrogen) atoms. The predicted molar refractivity (Wildman–Crippen MR) is 87.7 cm³/mol. The number of benzene rings is 1. The number of carbonyl (C=O) groups is 1. The Kier molecular flexibility index (Phi) is 3.51. The van der Waals surface area contributed by atoms with Gasteiger partial charge < -0.3 is 10.1 Å². The van der Waals surface area contributed by atoms with Gasteiger partial charge in [0.25, 0.3) is 5.91 Å². The van der Waals surface area contributed by atoms with Crippen LogP contribution in [0.3, 0.4) is 0 Å². The van der Waals surface area contributed by atoms with Crippen LogP contribution in [-0.4, -0.2) is 36.1 Å². The van der Waals surface area contributed by atoms with Crippen LogP contribution in [0.4, 0.5) is 0 Å². The summed E-state index contributed by atoms with van der Waals surface area (Å²) in [4.78, 5) is 20.7. The number of amides is 1. The number of hydrogen-bond donors (Lipinski definition) is 2. The third-order valence-corrected chi connectivity index (χ3v) is 3.90. The molecule has 6 heteroatoms. The van der Waals surface area contributed by atoms with Gasteiger partial charge in [-0.3, -0.25) is 15.1 Å². The fourth-order valence-corrected chi connectivity index (χ4v) is 2.72. The molecule has 2 N–H and O–H groups in total. The monoisotopic (exact) mass is 308 g/mol. The van der Waals surface area contributed by atoms with Crippen molar-refractivity contribution in [2.75, 3.05) is 13.2 Å². The van der Waals surface area contributed by atoms with Gasteiger partial charge >= 0.3 is 0 Å². The highest BCUT2D eigenvalue weighted by Crippen LogP contribution is 2.17. The summed E-state index contributed by atoms with van der Waals surface area (Å²) in [7, 11) is 0. The first-order valence-corrected chi connectivity index (χ1v) is 7.59. The molecule has 2 aliphatic rings. The maximum Gasteiger partial charge on any atom is 0.276 e. The number of nitrogens with one attached hydrogen (secondary N) is 2. The molecule has 1 aromatic heterocycles. The van der Waals surface area contributed by atoms with Gasteiger partial charge in [0.1, 0.15) is 5.70 Å². The zero-order valence-electron chi connectivity index (χ0n) is 12.5. The summed E-state index contributed by atoms with van der Waals surface area (Å²) >= 11 is 0. The first-order valence-electron chi connectivity index (χ1n) is 7.59. The Hall–Kier alpha value is -2.73. The number of hydrogen-bond acceptors (Lipinski definition) is 5. The Balaban J connectivity index is 1.58. The molecule has 4 rings (SSSR count). The Labute approximate surface area is 133 Å². The number of aromatic nitrogens is 1. The van der Waals surface area contributed by atoms with Gasteiger partial charge in [-0.2, -0.15) is 0 Å². The van der Waals surface area contributed by atoms with E-state index in [2.05, 4.69) is 20.6 Å².